The molecular weight excluding hydrogens is 240 g/mol. The fourth-order valence-corrected chi connectivity index (χ4v) is 2.68. The summed E-state index contributed by atoms with van der Waals surface area (Å²) in [6.45, 7) is 5.05. The molecule has 1 N–H and O–H groups in total. The van der Waals surface area contributed by atoms with Gasteiger partial charge in [-0.1, -0.05) is 0 Å². The number of rotatable bonds is 7. The van der Waals surface area contributed by atoms with Gasteiger partial charge in [0.05, 0.1) is 25.0 Å². The molecule has 106 valence electrons. The molecule has 1 aliphatic carbocycles. The minimum Gasteiger partial charge on any atom is -0.383 e. The third-order valence-electron chi connectivity index (χ3n) is 4.07. The van der Waals surface area contributed by atoms with Gasteiger partial charge >= 0.3 is 0 Å². The van der Waals surface area contributed by atoms with E-state index in [9.17, 15) is 0 Å². The quantitative estimate of drug-likeness (QED) is 0.801. The van der Waals surface area contributed by atoms with Crippen LogP contribution in [0.4, 0.5) is 5.69 Å². The molecule has 1 aromatic rings. The SMILES string of the molecule is COCCn1cc(N2CCC(CNC3CC3)C2)cn1. The molecule has 5 heteroatoms. The van der Waals surface area contributed by atoms with E-state index in [1.807, 2.05) is 10.9 Å². The number of anilines is 1. The maximum absolute atomic E-state index is 5.08. The first kappa shape index (κ1) is 12.9. The molecule has 1 saturated carbocycles. The van der Waals surface area contributed by atoms with Gasteiger partial charge in [0, 0.05) is 32.4 Å². The van der Waals surface area contributed by atoms with Crippen LogP contribution in [-0.2, 0) is 11.3 Å². The van der Waals surface area contributed by atoms with Crippen LogP contribution in [0.1, 0.15) is 19.3 Å². The Bertz CT molecular complexity index is 402. The lowest BCUT2D eigenvalue weighted by molar-refractivity contribution is 0.183. The summed E-state index contributed by atoms with van der Waals surface area (Å²) < 4.78 is 7.04. The Hall–Kier alpha value is -1.07. The molecule has 0 bridgehead atoms. The van der Waals surface area contributed by atoms with Crippen LogP contribution < -0.4 is 10.2 Å². The highest BCUT2D eigenvalue weighted by Gasteiger charge is 2.26. The van der Waals surface area contributed by atoms with Crippen molar-refractivity contribution in [2.45, 2.75) is 31.8 Å². The maximum atomic E-state index is 5.08. The topological polar surface area (TPSA) is 42.3 Å². The van der Waals surface area contributed by atoms with Gasteiger partial charge in [0.15, 0.2) is 0 Å². The van der Waals surface area contributed by atoms with Crippen molar-refractivity contribution in [2.75, 3.05) is 38.3 Å². The van der Waals surface area contributed by atoms with Crippen LogP contribution >= 0.6 is 0 Å². The van der Waals surface area contributed by atoms with E-state index in [2.05, 4.69) is 21.5 Å². The minimum absolute atomic E-state index is 0.717. The predicted molar refractivity (Wildman–Crippen MR) is 75.4 cm³/mol. The molecule has 5 nitrogen and oxygen atoms in total. The van der Waals surface area contributed by atoms with E-state index in [1.165, 1.54) is 31.5 Å². The second kappa shape index (κ2) is 5.92. The van der Waals surface area contributed by atoms with Gasteiger partial charge < -0.3 is 15.0 Å². The van der Waals surface area contributed by atoms with Crippen molar-refractivity contribution in [2.24, 2.45) is 5.92 Å². The molecule has 0 radical (unpaired) electrons. The van der Waals surface area contributed by atoms with Crippen LogP contribution in [0.5, 0.6) is 0 Å². The first-order valence-electron chi connectivity index (χ1n) is 7.35. The van der Waals surface area contributed by atoms with Crippen molar-refractivity contribution >= 4 is 5.69 Å². The van der Waals surface area contributed by atoms with Gasteiger partial charge in [0.2, 0.25) is 0 Å². The number of ether oxygens (including phenoxy) is 1. The third kappa shape index (κ3) is 3.48. The summed E-state index contributed by atoms with van der Waals surface area (Å²) in [4.78, 5) is 2.45. The zero-order valence-corrected chi connectivity index (χ0v) is 11.7. The minimum atomic E-state index is 0.717. The molecule has 1 unspecified atom stereocenters. The van der Waals surface area contributed by atoms with Gasteiger partial charge in [-0.15, -0.1) is 0 Å². The second-order valence-electron chi connectivity index (χ2n) is 5.74. The number of nitrogens with one attached hydrogen (secondary N) is 1. The lowest BCUT2D eigenvalue weighted by atomic mass is 10.1. The van der Waals surface area contributed by atoms with Crippen LogP contribution in [0.25, 0.3) is 0 Å². The first-order valence-corrected chi connectivity index (χ1v) is 7.35. The second-order valence-corrected chi connectivity index (χ2v) is 5.74. The van der Waals surface area contributed by atoms with E-state index in [-0.39, 0.29) is 0 Å². The monoisotopic (exact) mass is 264 g/mol. The van der Waals surface area contributed by atoms with E-state index in [4.69, 9.17) is 4.74 Å². The summed E-state index contributed by atoms with van der Waals surface area (Å²) in [6, 6.07) is 0.825. The van der Waals surface area contributed by atoms with Gasteiger partial charge in [-0.25, -0.2) is 0 Å². The van der Waals surface area contributed by atoms with Crippen molar-refractivity contribution in [3.63, 3.8) is 0 Å². The van der Waals surface area contributed by atoms with Crippen molar-refractivity contribution in [3.8, 4) is 0 Å². The first-order chi connectivity index (χ1) is 9.35. The van der Waals surface area contributed by atoms with Gasteiger partial charge in [0.25, 0.3) is 0 Å². The highest BCUT2D eigenvalue weighted by atomic mass is 16.5. The Kier molecular flexibility index (Phi) is 4.03. The molecule has 2 fully saturated rings. The molecule has 1 saturated heterocycles. The number of aromatic nitrogens is 2. The highest BCUT2D eigenvalue weighted by Crippen LogP contribution is 2.24. The molecule has 1 atom stereocenters. The van der Waals surface area contributed by atoms with Gasteiger partial charge in [-0.3, -0.25) is 4.68 Å². The Morgan fingerprint density at radius 3 is 3.11 bits per heavy atom. The fraction of sp³-hybridized carbons (Fsp3) is 0.786. The average molecular weight is 264 g/mol. The van der Waals surface area contributed by atoms with Crippen LogP contribution in [0.3, 0.4) is 0 Å². The van der Waals surface area contributed by atoms with Crippen molar-refractivity contribution in [1.29, 1.82) is 0 Å². The smallest absolute Gasteiger partial charge is 0.0752 e. The Morgan fingerprint density at radius 1 is 1.42 bits per heavy atom. The summed E-state index contributed by atoms with van der Waals surface area (Å²) in [5.74, 6) is 0.794. The van der Waals surface area contributed by atoms with E-state index in [0.717, 1.165) is 38.2 Å². The third-order valence-corrected chi connectivity index (χ3v) is 4.07. The Labute approximate surface area is 114 Å². The average Bonchev–Trinajstić information content (AvgIpc) is 2.94. The van der Waals surface area contributed by atoms with E-state index < -0.39 is 0 Å². The van der Waals surface area contributed by atoms with Crippen molar-refractivity contribution in [3.05, 3.63) is 12.4 Å². The summed E-state index contributed by atoms with van der Waals surface area (Å²) in [5.41, 5.74) is 1.25. The van der Waals surface area contributed by atoms with Crippen LogP contribution in [0, 0.1) is 5.92 Å². The van der Waals surface area contributed by atoms with Gasteiger partial charge in [0.1, 0.15) is 0 Å². The largest absolute Gasteiger partial charge is 0.383 e. The zero-order valence-electron chi connectivity index (χ0n) is 11.7. The van der Waals surface area contributed by atoms with Crippen molar-refractivity contribution in [1.82, 2.24) is 15.1 Å². The molecule has 0 amide bonds. The number of nitrogens with zero attached hydrogens (tertiary/aromatic N) is 3. The lowest BCUT2D eigenvalue weighted by Crippen LogP contribution is -2.27. The molecule has 19 heavy (non-hydrogen) atoms. The Morgan fingerprint density at radius 2 is 2.32 bits per heavy atom. The predicted octanol–water partition coefficient (Wildman–Crippen LogP) is 1.11. The summed E-state index contributed by atoms with van der Waals surface area (Å²) in [6.07, 6.45) is 8.16. The van der Waals surface area contributed by atoms with Crippen LogP contribution in [-0.4, -0.2) is 49.2 Å². The van der Waals surface area contributed by atoms with Gasteiger partial charge in [-0.2, -0.15) is 5.10 Å². The molecule has 3 rings (SSSR count). The van der Waals surface area contributed by atoms with Crippen molar-refractivity contribution < 1.29 is 4.74 Å². The molecule has 1 aromatic heterocycles. The summed E-state index contributed by atoms with van der Waals surface area (Å²) in [7, 11) is 1.72. The molecule has 2 heterocycles. The molecule has 2 aliphatic rings. The zero-order chi connectivity index (χ0) is 13.1. The fourth-order valence-electron chi connectivity index (χ4n) is 2.68. The number of hydrogen-bond donors (Lipinski definition) is 1. The summed E-state index contributed by atoms with van der Waals surface area (Å²) >= 11 is 0. The van der Waals surface area contributed by atoms with E-state index >= 15 is 0 Å². The lowest BCUT2D eigenvalue weighted by Gasteiger charge is -2.16. The van der Waals surface area contributed by atoms with E-state index in [0.29, 0.717) is 0 Å². The normalized spacial score (nSPS) is 23.2. The molecule has 0 aromatic carbocycles. The van der Waals surface area contributed by atoms with Gasteiger partial charge in [-0.05, 0) is 31.7 Å². The van der Waals surface area contributed by atoms with E-state index in [1.54, 1.807) is 7.11 Å². The maximum Gasteiger partial charge on any atom is 0.0752 e. The van der Waals surface area contributed by atoms with Crippen LogP contribution in [0.15, 0.2) is 12.4 Å². The van der Waals surface area contributed by atoms with Crippen LogP contribution in [0.2, 0.25) is 0 Å². The molecule has 1 aliphatic heterocycles. The number of hydrogen-bond acceptors (Lipinski definition) is 4. The summed E-state index contributed by atoms with van der Waals surface area (Å²) in [5, 5.41) is 8.03. The number of methoxy groups -OCH3 is 1. The highest BCUT2D eigenvalue weighted by molar-refractivity contribution is 5.43. The Balaban J connectivity index is 1.47. The molecule has 0 spiro atoms. The molecular formula is C14H24N4O. The standard InChI is InChI=1S/C14H24N4O/c1-19-7-6-18-11-14(9-16-18)17-5-4-12(10-17)8-15-13-2-3-13/h9,11-13,15H,2-8,10H2,1H3.